The molecule has 3 nitrogen and oxygen atoms in total. The van der Waals surface area contributed by atoms with Crippen LogP contribution < -0.4 is 0 Å². The van der Waals surface area contributed by atoms with E-state index in [1.54, 1.807) is 12.5 Å². The Morgan fingerprint density at radius 2 is 1.94 bits per heavy atom. The number of rotatable bonds is 3. The zero-order chi connectivity index (χ0) is 12.4. The van der Waals surface area contributed by atoms with Gasteiger partial charge in [-0.3, -0.25) is 0 Å². The van der Waals surface area contributed by atoms with Gasteiger partial charge in [0.15, 0.2) is 0 Å². The quantitative estimate of drug-likeness (QED) is 0.762. The van der Waals surface area contributed by atoms with E-state index in [0.29, 0.717) is 6.54 Å². The molecule has 1 N–H and O–H groups in total. The van der Waals surface area contributed by atoms with Gasteiger partial charge in [0.05, 0.1) is 19.0 Å². The van der Waals surface area contributed by atoms with Crippen molar-refractivity contribution >= 4 is 10.8 Å². The smallest absolute Gasteiger partial charge is 0.0975 e. The highest BCUT2D eigenvalue weighted by molar-refractivity contribution is 5.85. The SMILES string of the molecule is O[C@H](Cn1ccnc1)c1cccc2ccccc12. The molecule has 3 aromatic rings. The number of aliphatic hydroxyl groups excluding tert-OH is 1. The van der Waals surface area contributed by atoms with Crippen LogP contribution in [0, 0.1) is 0 Å². The zero-order valence-corrected chi connectivity index (χ0v) is 9.90. The van der Waals surface area contributed by atoms with Gasteiger partial charge in [0, 0.05) is 12.4 Å². The fraction of sp³-hybridized carbons (Fsp3) is 0.133. The summed E-state index contributed by atoms with van der Waals surface area (Å²) in [4.78, 5) is 3.98. The molecule has 0 bridgehead atoms. The lowest BCUT2D eigenvalue weighted by molar-refractivity contribution is 0.158. The summed E-state index contributed by atoms with van der Waals surface area (Å²) in [7, 11) is 0. The summed E-state index contributed by atoms with van der Waals surface area (Å²) in [5, 5.41) is 12.6. The third-order valence-corrected chi connectivity index (χ3v) is 3.13. The van der Waals surface area contributed by atoms with E-state index >= 15 is 0 Å². The topological polar surface area (TPSA) is 38.0 Å². The van der Waals surface area contributed by atoms with Crippen molar-refractivity contribution in [3.63, 3.8) is 0 Å². The molecule has 1 heterocycles. The highest BCUT2D eigenvalue weighted by atomic mass is 16.3. The second-order valence-corrected chi connectivity index (χ2v) is 4.34. The molecule has 2 aromatic carbocycles. The molecule has 0 fully saturated rings. The summed E-state index contributed by atoms with van der Waals surface area (Å²) < 4.78 is 1.88. The Labute approximate surface area is 105 Å². The molecule has 0 aliphatic rings. The van der Waals surface area contributed by atoms with Crippen LogP contribution in [-0.4, -0.2) is 14.7 Å². The monoisotopic (exact) mass is 238 g/mol. The van der Waals surface area contributed by atoms with Crippen molar-refractivity contribution in [2.45, 2.75) is 12.6 Å². The number of hydrogen-bond donors (Lipinski definition) is 1. The van der Waals surface area contributed by atoms with Crippen LogP contribution in [0.2, 0.25) is 0 Å². The summed E-state index contributed by atoms with van der Waals surface area (Å²) >= 11 is 0. The predicted molar refractivity (Wildman–Crippen MR) is 71.1 cm³/mol. The molecule has 1 atom stereocenters. The van der Waals surface area contributed by atoms with E-state index in [4.69, 9.17) is 0 Å². The van der Waals surface area contributed by atoms with Crippen LogP contribution in [0.5, 0.6) is 0 Å². The molecule has 0 aliphatic carbocycles. The first-order valence-corrected chi connectivity index (χ1v) is 5.96. The van der Waals surface area contributed by atoms with Crippen LogP contribution in [0.1, 0.15) is 11.7 Å². The Morgan fingerprint density at radius 1 is 1.11 bits per heavy atom. The van der Waals surface area contributed by atoms with Gasteiger partial charge < -0.3 is 9.67 Å². The minimum Gasteiger partial charge on any atom is -0.387 e. The van der Waals surface area contributed by atoms with E-state index in [1.807, 2.05) is 41.1 Å². The minimum atomic E-state index is -0.523. The van der Waals surface area contributed by atoms with E-state index in [0.717, 1.165) is 16.3 Å². The number of nitrogens with zero attached hydrogens (tertiary/aromatic N) is 2. The minimum absolute atomic E-state index is 0.522. The van der Waals surface area contributed by atoms with Gasteiger partial charge in [-0.15, -0.1) is 0 Å². The number of imidazole rings is 1. The first-order chi connectivity index (χ1) is 8.84. The zero-order valence-electron chi connectivity index (χ0n) is 9.90. The van der Waals surface area contributed by atoms with Gasteiger partial charge in [0.1, 0.15) is 0 Å². The van der Waals surface area contributed by atoms with Gasteiger partial charge in [-0.25, -0.2) is 4.98 Å². The summed E-state index contributed by atoms with van der Waals surface area (Å²) in [6, 6.07) is 14.1. The first-order valence-electron chi connectivity index (χ1n) is 5.96. The van der Waals surface area contributed by atoms with Gasteiger partial charge in [-0.1, -0.05) is 42.5 Å². The predicted octanol–water partition coefficient (Wildman–Crippen LogP) is 2.77. The van der Waals surface area contributed by atoms with Crippen LogP contribution in [-0.2, 0) is 6.54 Å². The molecule has 0 saturated heterocycles. The van der Waals surface area contributed by atoms with E-state index < -0.39 is 6.10 Å². The van der Waals surface area contributed by atoms with Crippen LogP contribution in [0.15, 0.2) is 61.2 Å². The van der Waals surface area contributed by atoms with E-state index in [1.165, 1.54) is 0 Å². The summed E-state index contributed by atoms with van der Waals surface area (Å²) in [6.07, 6.45) is 4.77. The third kappa shape index (κ3) is 2.00. The normalized spacial score (nSPS) is 12.7. The highest BCUT2D eigenvalue weighted by Crippen LogP contribution is 2.25. The molecular formula is C15H14N2O. The molecule has 0 spiro atoms. The molecule has 0 amide bonds. The Bertz CT molecular complexity index is 641. The van der Waals surface area contributed by atoms with E-state index in [-0.39, 0.29) is 0 Å². The lowest BCUT2D eigenvalue weighted by Crippen LogP contribution is -2.07. The molecule has 0 saturated carbocycles. The van der Waals surface area contributed by atoms with E-state index in [9.17, 15) is 5.11 Å². The Hall–Kier alpha value is -2.13. The highest BCUT2D eigenvalue weighted by Gasteiger charge is 2.11. The van der Waals surface area contributed by atoms with Gasteiger partial charge in [0.25, 0.3) is 0 Å². The van der Waals surface area contributed by atoms with Crippen molar-refractivity contribution in [3.8, 4) is 0 Å². The Kier molecular flexibility index (Phi) is 2.82. The largest absolute Gasteiger partial charge is 0.387 e. The van der Waals surface area contributed by atoms with E-state index in [2.05, 4.69) is 17.1 Å². The Balaban J connectivity index is 1.98. The average Bonchev–Trinajstić information content (AvgIpc) is 2.91. The number of aromatic nitrogens is 2. The summed E-state index contributed by atoms with van der Waals surface area (Å²) in [5.74, 6) is 0. The number of fused-ring (bicyclic) bond motifs is 1. The molecular weight excluding hydrogens is 224 g/mol. The molecule has 0 radical (unpaired) electrons. The second kappa shape index (κ2) is 4.63. The van der Waals surface area contributed by atoms with Gasteiger partial charge in [-0.05, 0) is 16.3 Å². The van der Waals surface area contributed by atoms with Gasteiger partial charge >= 0.3 is 0 Å². The molecule has 3 heteroatoms. The van der Waals surface area contributed by atoms with Crippen LogP contribution in [0.3, 0.4) is 0 Å². The lowest BCUT2D eigenvalue weighted by Gasteiger charge is -2.14. The maximum Gasteiger partial charge on any atom is 0.0975 e. The molecule has 90 valence electrons. The maximum absolute atomic E-state index is 10.3. The number of aliphatic hydroxyl groups is 1. The van der Waals surface area contributed by atoms with Crippen molar-refractivity contribution in [2.75, 3.05) is 0 Å². The third-order valence-electron chi connectivity index (χ3n) is 3.13. The van der Waals surface area contributed by atoms with Crippen molar-refractivity contribution in [1.29, 1.82) is 0 Å². The first kappa shape index (κ1) is 11.0. The molecule has 0 aliphatic heterocycles. The fourth-order valence-electron chi connectivity index (χ4n) is 2.23. The number of hydrogen-bond acceptors (Lipinski definition) is 2. The Morgan fingerprint density at radius 3 is 2.78 bits per heavy atom. The standard InChI is InChI=1S/C15H14N2O/c18-15(10-17-9-8-16-11-17)14-7-3-5-12-4-1-2-6-13(12)14/h1-9,11,15,18H,10H2/t15-/m1/s1. The van der Waals surface area contributed by atoms with Crippen LogP contribution in [0.4, 0.5) is 0 Å². The van der Waals surface area contributed by atoms with Crippen molar-refractivity contribution in [2.24, 2.45) is 0 Å². The molecule has 18 heavy (non-hydrogen) atoms. The molecule has 0 unspecified atom stereocenters. The maximum atomic E-state index is 10.3. The van der Waals surface area contributed by atoms with Gasteiger partial charge in [-0.2, -0.15) is 0 Å². The van der Waals surface area contributed by atoms with Crippen LogP contribution in [0.25, 0.3) is 10.8 Å². The van der Waals surface area contributed by atoms with Crippen molar-refractivity contribution < 1.29 is 5.11 Å². The van der Waals surface area contributed by atoms with Crippen LogP contribution >= 0.6 is 0 Å². The molecule has 3 rings (SSSR count). The summed E-state index contributed by atoms with van der Waals surface area (Å²) in [6.45, 7) is 0.522. The average molecular weight is 238 g/mol. The number of benzene rings is 2. The lowest BCUT2D eigenvalue weighted by atomic mass is 10.0. The summed E-state index contributed by atoms with van der Waals surface area (Å²) in [5.41, 5.74) is 0.960. The van der Waals surface area contributed by atoms with Crippen molar-refractivity contribution in [1.82, 2.24) is 9.55 Å². The second-order valence-electron chi connectivity index (χ2n) is 4.34. The van der Waals surface area contributed by atoms with Gasteiger partial charge in [0.2, 0.25) is 0 Å². The van der Waals surface area contributed by atoms with Crippen molar-refractivity contribution in [3.05, 3.63) is 66.7 Å². The molecule has 1 aromatic heterocycles. The fourth-order valence-corrected chi connectivity index (χ4v) is 2.23.